The number of hydrogen-bond donors (Lipinski definition) is 1. The van der Waals surface area contributed by atoms with E-state index in [0.29, 0.717) is 15.7 Å². The highest BCUT2D eigenvalue weighted by Gasteiger charge is 2.15. The van der Waals surface area contributed by atoms with Crippen molar-refractivity contribution in [3.8, 4) is 0 Å². The van der Waals surface area contributed by atoms with Gasteiger partial charge in [-0.3, -0.25) is 0 Å². The Kier molecular flexibility index (Phi) is 5.23. The summed E-state index contributed by atoms with van der Waals surface area (Å²) in [5.74, 6) is -0.458. The maximum Gasteiger partial charge on any atom is 0.340 e. The Balaban J connectivity index is 2.15. The third kappa shape index (κ3) is 3.62. The lowest BCUT2D eigenvalue weighted by molar-refractivity contribution is 0.0473. The molecule has 2 aromatic rings. The van der Waals surface area contributed by atoms with Gasteiger partial charge in [0.05, 0.1) is 11.3 Å². The minimum absolute atomic E-state index is 0.184. The molecule has 0 saturated heterocycles. The molecule has 0 atom stereocenters. The second kappa shape index (κ2) is 6.74. The molecule has 0 unspecified atom stereocenters. The number of benzene rings is 2. The molecule has 0 fully saturated rings. The zero-order chi connectivity index (χ0) is 14.7. The van der Waals surface area contributed by atoms with E-state index in [4.69, 9.17) is 10.5 Å². The first kappa shape index (κ1) is 15.5. The fourth-order valence-electron chi connectivity index (χ4n) is 1.59. The van der Waals surface area contributed by atoms with Crippen LogP contribution in [0.15, 0.2) is 49.8 Å². The van der Waals surface area contributed by atoms with Crippen LogP contribution >= 0.6 is 47.8 Å². The van der Waals surface area contributed by atoms with Gasteiger partial charge in [0.1, 0.15) is 6.61 Å². The van der Waals surface area contributed by atoms with Crippen molar-refractivity contribution >= 4 is 59.4 Å². The third-order valence-electron chi connectivity index (χ3n) is 2.63. The average Bonchev–Trinajstić information content (AvgIpc) is 2.41. The monoisotopic (exact) mass is 461 g/mol. The van der Waals surface area contributed by atoms with Gasteiger partial charge in [-0.2, -0.15) is 0 Å². The SMILES string of the molecule is Nc1c(Br)cc(Br)cc1C(=O)OCc1ccccc1Br. The van der Waals surface area contributed by atoms with Gasteiger partial charge < -0.3 is 10.5 Å². The number of anilines is 1. The summed E-state index contributed by atoms with van der Waals surface area (Å²) < 4.78 is 7.60. The number of nitrogen functional groups attached to an aromatic ring is 1. The van der Waals surface area contributed by atoms with Crippen LogP contribution in [0, 0.1) is 0 Å². The first-order valence-electron chi connectivity index (χ1n) is 5.64. The van der Waals surface area contributed by atoms with Crippen LogP contribution in [0.4, 0.5) is 5.69 Å². The van der Waals surface area contributed by atoms with Crippen LogP contribution < -0.4 is 5.73 Å². The van der Waals surface area contributed by atoms with Gasteiger partial charge >= 0.3 is 5.97 Å². The van der Waals surface area contributed by atoms with Gasteiger partial charge in [-0.1, -0.05) is 50.1 Å². The molecule has 104 valence electrons. The van der Waals surface area contributed by atoms with Crippen molar-refractivity contribution in [1.82, 2.24) is 0 Å². The van der Waals surface area contributed by atoms with E-state index in [2.05, 4.69) is 47.8 Å². The topological polar surface area (TPSA) is 52.3 Å². The summed E-state index contributed by atoms with van der Waals surface area (Å²) in [7, 11) is 0. The van der Waals surface area contributed by atoms with E-state index in [0.717, 1.165) is 14.5 Å². The van der Waals surface area contributed by atoms with Crippen molar-refractivity contribution in [2.24, 2.45) is 0 Å². The quantitative estimate of drug-likeness (QED) is 0.519. The van der Waals surface area contributed by atoms with Crippen LogP contribution in [0.5, 0.6) is 0 Å². The van der Waals surface area contributed by atoms with E-state index in [-0.39, 0.29) is 6.61 Å². The molecule has 0 aromatic heterocycles. The summed E-state index contributed by atoms with van der Waals surface area (Å²) in [4.78, 5) is 12.1. The summed E-state index contributed by atoms with van der Waals surface area (Å²) in [6, 6.07) is 11.0. The molecule has 0 aliphatic heterocycles. The smallest absolute Gasteiger partial charge is 0.340 e. The molecule has 6 heteroatoms. The first-order valence-corrected chi connectivity index (χ1v) is 8.02. The molecule has 0 saturated carbocycles. The van der Waals surface area contributed by atoms with Crippen LogP contribution in [-0.4, -0.2) is 5.97 Å². The Morgan fingerprint density at radius 2 is 1.80 bits per heavy atom. The van der Waals surface area contributed by atoms with Gasteiger partial charge in [0.25, 0.3) is 0 Å². The summed E-state index contributed by atoms with van der Waals surface area (Å²) in [5.41, 5.74) is 7.47. The molecule has 0 aliphatic rings. The van der Waals surface area contributed by atoms with Crippen LogP contribution in [-0.2, 0) is 11.3 Å². The number of esters is 1. The molecule has 2 N–H and O–H groups in total. The van der Waals surface area contributed by atoms with E-state index in [1.165, 1.54) is 0 Å². The van der Waals surface area contributed by atoms with Crippen molar-refractivity contribution in [1.29, 1.82) is 0 Å². The molecule has 3 nitrogen and oxygen atoms in total. The largest absolute Gasteiger partial charge is 0.457 e. The number of hydrogen-bond acceptors (Lipinski definition) is 3. The molecule has 0 bridgehead atoms. The fraction of sp³-hybridized carbons (Fsp3) is 0.0714. The Bertz CT molecular complexity index is 659. The molecule has 2 rings (SSSR count). The van der Waals surface area contributed by atoms with Crippen molar-refractivity contribution in [3.05, 3.63) is 60.9 Å². The van der Waals surface area contributed by atoms with Crippen molar-refractivity contribution < 1.29 is 9.53 Å². The molecule has 20 heavy (non-hydrogen) atoms. The predicted octanol–water partition coefficient (Wildman–Crippen LogP) is 4.91. The summed E-state index contributed by atoms with van der Waals surface area (Å²) in [6.45, 7) is 0.184. The Hall–Kier alpha value is -0.850. The highest BCUT2D eigenvalue weighted by molar-refractivity contribution is 9.11. The molecular weight excluding hydrogens is 454 g/mol. The second-order valence-electron chi connectivity index (χ2n) is 4.02. The lowest BCUT2D eigenvalue weighted by atomic mass is 10.2. The van der Waals surface area contributed by atoms with Gasteiger partial charge in [0, 0.05) is 19.0 Å². The molecule has 0 spiro atoms. The van der Waals surface area contributed by atoms with E-state index in [9.17, 15) is 4.79 Å². The maximum atomic E-state index is 12.1. The van der Waals surface area contributed by atoms with Crippen LogP contribution in [0.2, 0.25) is 0 Å². The minimum Gasteiger partial charge on any atom is -0.457 e. The number of nitrogens with two attached hydrogens (primary N) is 1. The lowest BCUT2D eigenvalue weighted by Gasteiger charge is -2.10. The van der Waals surface area contributed by atoms with E-state index >= 15 is 0 Å². The molecule has 0 aliphatic carbocycles. The highest BCUT2D eigenvalue weighted by Crippen LogP contribution is 2.29. The van der Waals surface area contributed by atoms with Gasteiger partial charge in [0.2, 0.25) is 0 Å². The molecule has 0 radical (unpaired) electrons. The zero-order valence-corrected chi connectivity index (χ0v) is 15.0. The molecule has 2 aromatic carbocycles. The van der Waals surface area contributed by atoms with Gasteiger partial charge in [-0.25, -0.2) is 4.79 Å². The maximum absolute atomic E-state index is 12.1. The zero-order valence-electron chi connectivity index (χ0n) is 10.2. The van der Waals surface area contributed by atoms with Gasteiger partial charge in [-0.15, -0.1) is 0 Å². The number of carbonyl (C=O) groups excluding carboxylic acids is 1. The number of carbonyl (C=O) groups is 1. The van der Waals surface area contributed by atoms with Crippen LogP contribution in [0.25, 0.3) is 0 Å². The van der Waals surface area contributed by atoms with E-state index in [1.807, 2.05) is 24.3 Å². The molecular formula is C14H10Br3NO2. The number of rotatable bonds is 3. The summed E-state index contributed by atoms with van der Waals surface area (Å²) in [6.07, 6.45) is 0. The van der Waals surface area contributed by atoms with E-state index in [1.54, 1.807) is 12.1 Å². The Morgan fingerprint density at radius 1 is 1.10 bits per heavy atom. The van der Waals surface area contributed by atoms with Crippen molar-refractivity contribution in [2.75, 3.05) is 5.73 Å². The van der Waals surface area contributed by atoms with Crippen molar-refractivity contribution in [3.63, 3.8) is 0 Å². The average molecular weight is 464 g/mol. The standard InChI is InChI=1S/C14H10Br3NO2/c15-9-5-10(13(18)12(17)6-9)14(19)20-7-8-3-1-2-4-11(8)16/h1-6H,7,18H2. The highest BCUT2D eigenvalue weighted by atomic mass is 79.9. The summed E-state index contributed by atoms with van der Waals surface area (Å²) >= 11 is 10.0. The second-order valence-corrected chi connectivity index (χ2v) is 6.64. The fourth-order valence-corrected chi connectivity index (χ4v) is 3.21. The first-order chi connectivity index (χ1) is 9.49. The summed E-state index contributed by atoms with van der Waals surface area (Å²) in [5, 5.41) is 0. The third-order valence-corrected chi connectivity index (χ3v) is 4.52. The minimum atomic E-state index is -0.458. The van der Waals surface area contributed by atoms with Crippen LogP contribution in [0.1, 0.15) is 15.9 Å². The Morgan fingerprint density at radius 3 is 2.50 bits per heavy atom. The van der Waals surface area contributed by atoms with Crippen LogP contribution in [0.3, 0.4) is 0 Å². The van der Waals surface area contributed by atoms with Crippen molar-refractivity contribution in [2.45, 2.75) is 6.61 Å². The normalized spacial score (nSPS) is 10.3. The molecule has 0 heterocycles. The van der Waals surface area contributed by atoms with E-state index < -0.39 is 5.97 Å². The van der Waals surface area contributed by atoms with Gasteiger partial charge in [-0.05, 0) is 34.1 Å². The van der Waals surface area contributed by atoms with Gasteiger partial charge in [0.15, 0.2) is 0 Å². The Labute approximate surface area is 141 Å². The molecule has 0 amide bonds. The predicted molar refractivity (Wildman–Crippen MR) is 89.5 cm³/mol. The number of halogens is 3. The lowest BCUT2D eigenvalue weighted by Crippen LogP contribution is -2.09. The number of ether oxygens (including phenoxy) is 1.